The van der Waals surface area contributed by atoms with Gasteiger partial charge >= 0.3 is 5.97 Å². The standard InChI is InChI=1S/C30H43BrN2O5/c1-29(2,3)38-26(34)20-35-18-22-13-11-21(12-14-22)17-33-28(23-9-7-6-8-10-23)27(31)25(32-33)16-15-24-19-36-30(4,5)37-24/h6-10,21-22,24H,11-20H2,1-5H3. The van der Waals surface area contributed by atoms with E-state index in [2.05, 4.69) is 44.9 Å². The molecule has 2 aliphatic rings. The quantitative estimate of drug-likeness (QED) is 0.292. The summed E-state index contributed by atoms with van der Waals surface area (Å²) < 4.78 is 26.1. The molecule has 0 spiro atoms. The Hall–Kier alpha value is -1.74. The van der Waals surface area contributed by atoms with Crippen molar-refractivity contribution in [3.05, 3.63) is 40.5 Å². The molecule has 1 aliphatic heterocycles. The van der Waals surface area contributed by atoms with Crippen molar-refractivity contribution in [2.24, 2.45) is 11.8 Å². The Labute approximate surface area is 235 Å². The van der Waals surface area contributed by atoms with Gasteiger partial charge in [-0.15, -0.1) is 0 Å². The summed E-state index contributed by atoms with van der Waals surface area (Å²) in [5.41, 5.74) is 2.91. The predicted octanol–water partition coefficient (Wildman–Crippen LogP) is 6.56. The van der Waals surface area contributed by atoms with Gasteiger partial charge in [0.25, 0.3) is 0 Å². The van der Waals surface area contributed by atoms with Crippen LogP contribution in [-0.2, 0) is 36.7 Å². The molecule has 7 nitrogen and oxygen atoms in total. The zero-order valence-corrected chi connectivity index (χ0v) is 25.1. The van der Waals surface area contributed by atoms with Crippen LogP contribution in [0.2, 0.25) is 0 Å². The minimum absolute atomic E-state index is 0.0250. The topological polar surface area (TPSA) is 71.8 Å². The molecule has 1 atom stereocenters. The van der Waals surface area contributed by atoms with E-state index in [4.69, 9.17) is 24.0 Å². The molecule has 0 radical (unpaired) electrons. The van der Waals surface area contributed by atoms with Crippen LogP contribution in [0.4, 0.5) is 0 Å². The average molecular weight is 592 g/mol. The normalized spacial score (nSPS) is 23.5. The SMILES string of the molecule is CC(C)(C)OC(=O)COCC1CCC(Cn2nc(CCC3COC(C)(C)O3)c(Br)c2-c2ccccc2)CC1. The monoisotopic (exact) mass is 590 g/mol. The van der Waals surface area contributed by atoms with Gasteiger partial charge in [-0.25, -0.2) is 4.79 Å². The molecule has 2 heterocycles. The molecule has 1 saturated carbocycles. The number of rotatable bonds is 10. The Kier molecular flexibility index (Phi) is 9.72. The number of esters is 1. The van der Waals surface area contributed by atoms with E-state index in [1.165, 1.54) is 5.56 Å². The Morgan fingerprint density at radius 1 is 1.13 bits per heavy atom. The minimum atomic E-state index is -0.504. The molecule has 4 rings (SSSR count). The number of aryl methyl sites for hydroxylation is 1. The molecule has 2 aromatic rings. The van der Waals surface area contributed by atoms with Crippen molar-refractivity contribution in [1.82, 2.24) is 9.78 Å². The van der Waals surface area contributed by atoms with Crippen molar-refractivity contribution in [3.8, 4) is 11.3 Å². The average Bonchev–Trinajstić information content (AvgIpc) is 3.35. The van der Waals surface area contributed by atoms with Crippen LogP contribution in [0.25, 0.3) is 11.3 Å². The Morgan fingerprint density at radius 2 is 1.82 bits per heavy atom. The number of halogens is 1. The zero-order valence-electron chi connectivity index (χ0n) is 23.5. The number of aromatic nitrogens is 2. The fourth-order valence-corrected chi connectivity index (χ4v) is 6.07. The summed E-state index contributed by atoms with van der Waals surface area (Å²) in [5.74, 6) is 0.248. The van der Waals surface area contributed by atoms with E-state index in [0.29, 0.717) is 25.0 Å². The van der Waals surface area contributed by atoms with Gasteiger partial charge in [0, 0.05) is 12.1 Å². The Morgan fingerprint density at radius 3 is 2.45 bits per heavy atom. The maximum Gasteiger partial charge on any atom is 0.332 e. The fourth-order valence-electron chi connectivity index (χ4n) is 5.36. The van der Waals surface area contributed by atoms with Gasteiger partial charge in [0.15, 0.2) is 5.79 Å². The highest BCUT2D eigenvalue weighted by atomic mass is 79.9. The van der Waals surface area contributed by atoms with E-state index >= 15 is 0 Å². The van der Waals surface area contributed by atoms with E-state index < -0.39 is 11.4 Å². The van der Waals surface area contributed by atoms with Gasteiger partial charge < -0.3 is 18.9 Å². The number of hydrogen-bond acceptors (Lipinski definition) is 6. The molecule has 0 N–H and O–H groups in total. The molecule has 1 aliphatic carbocycles. The van der Waals surface area contributed by atoms with Crippen LogP contribution >= 0.6 is 15.9 Å². The second-order valence-electron chi connectivity index (χ2n) is 12.1. The van der Waals surface area contributed by atoms with Crippen molar-refractivity contribution >= 4 is 21.9 Å². The first kappa shape index (κ1) is 29.2. The maximum atomic E-state index is 11.9. The first-order valence-corrected chi connectivity index (χ1v) is 14.7. The van der Waals surface area contributed by atoms with Crippen LogP contribution in [0.3, 0.4) is 0 Å². The molecule has 0 bridgehead atoms. The summed E-state index contributed by atoms with van der Waals surface area (Å²) in [6.45, 7) is 11.7. The first-order valence-electron chi connectivity index (χ1n) is 13.9. The van der Waals surface area contributed by atoms with Crippen LogP contribution < -0.4 is 0 Å². The number of nitrogens with zero attached hydrogens (tertiary/aromatic N) is 2. The van der Waals surface area contributed by atoms with Crippen LogP contribution in [-0.4, -0.2) is 53.1 Å². The van der Waals surface area contributed by atoms with Gasteiger partial charge in [-0.3, -0.25) is 4.68 Å². The van der Waals surface area contributed by atoms with E-state index in [1.807, 2.05) is 40.7 Å². The summed E-state index contributed by atoms with van der Waals surface area (Å²) in [6, 6.07) is 10.5. The van der Waals surface area contributed by atoms with Gasteiger partial charge in [-0.1, -0.05) is 30.3 Å². The van der Waals surface area contributed by atoms with Crippen molar-refractivity contribution in [1.29, 1.82) is 0 Å². The molecule has 0 amide bonds. The van der Waals surface area contributed by atoms with Crippen molar-refractivity contribution < 1.29 is 23.7 Å². The van der Waals surface area contributed by atoms with Crippen molar-refractivity contribution in [2.45, 2.75) is 97.2 Å². The molecule has 1 aromatic heterocycles. The molecule has 1 unspecified atom stereocenters. The second-order valence-corrected chi connectivity index (χ2v) is 12.9. The molecule has 8 heteroatoms. The fraction of sp³-hybridized carbons (Fsp3) is 0.667. The number of carbonyl (C=O) groups excluding carboxylic acids is 1. The number of carbonyl (C=O) groups is 1. The smallest absolute Gasteiger partial charge is 0.332 e. The maximum absolute atomic E-state index is 11.9. The third-order valence-electron chi connectivity index (χ3n) is 7.17. The highest BCUT2D eigenvalue weighted by molar-refractivity contribution is 9.10. The summed E-state index contributed by atoms with van der Waals surface area (Å²) in [7, 11) is 0. The lowest BCUT2D eigenvalue weighted by Gasteiger charge is -2.28. The highest BCUT2D eigenvalue weighted by Gasteiger charge is 2.33. The van der Waals surface area contributed by atoms with Gasteiger partial charge in [-0.05, 0) is 101 Å². The lowest BCUT2D eigenvalue weighted by molar-refractivity contribution is -0.160. The molecule has 1 aromatic carbocycles. The third-order valence-corrected chi connectivity index (χ3v) is 8.00. The van der Waals surface area contributed by atoms with E-state index in [-0.39, 0.29) is 18.7 Å². The van der Waals surface area contributed by atoms with Crippen molar-refractivity contribution in [2.75, 3.05) is 19.8 Å². The minimum Gasteiger partial charge on any atom is -0.458 e. The summed E-state index contributed by atoms with van der Waals surface area (Å²) in [4.78, 5) is 11.9. The number of benzene rings is 1. The van der Waals surface area contributed by atoms with E-state index in [9.17, 15) is 4.79 Å². The van der Waals surface area contributed by atoms with Gasteiger partial charge in [0.1, 0.15) is 12.2 Å². The largest absolute Gasteiger partial charge is 0.458 e. The number of ether oxygens (including phenoxy) is 4. The summed E-state index contributed by atoms with van der Waals surface area (Å²) in [6.07, 6.45) is 6.26. The van der Waals surface area contributed by atoms with Gasteiger partial charge in [-0.2, -0.15) is 5.10 Å². The number of hydrogen-bond donors (Lipinski definition) is 0. The molecule has 38 heavy (non-hydrogen) atoms. The molecular formula is C30H43BrN2O5. The molecular weight excluding hydrogens is 548 g/mol. The summed E-state index contributed by atoms with van der Waals surface area (Å²) in [5, 5.41) is 5.09. The van der Waals surface area contributed by atoms with E-state index in [1.54, 1.807) is 0 Å². The molecule has 210 valence electrons. The van der Waals surface area contributed by atoms with Crippen LogP contribution in [0.5, 0.6) is 0 Å². The molecule has 2 fully saturated rings. The second kappa shape index (κ2) is 12.6. The third kappa shape index (κ3) is 8.38. The Bertz CT molecular complexity index is 1050. The van der Waals surface area contributed by atoms with Crippen LogP contribution in [0, 0.1) is 11.8 Å². The zero-order chi connectivity index (χ0) is 27.3. The van der Waals surface area contributed by atoms with E-state index in [0.717, 1.165) is 60.9 Å². The van der Waals surface area contributed by atoms with Crippen molar-refractivity contribution in [3.63, 3.8) is 0 Å². The summed E-state index contributed by atoms with van der Waals surface area (Å²) >= 11 is 3.89. The van der Waals surface area contributed by atoms with Crippen LogP contribution in [0.15, 0.2) is 34.8 Å². The highest BCUT2D eigenvalue weighted by Crippen LogP contribution is 2.36. The predicted molar refractivity (Wildman–Crippen MR) is 151 cm³/mol. The first-order chi connectivity index (χ1) is 18.0. The van der Waals surface area contributed by atoms with Gasteiger partial charge in [0.2, 0.25) is 0 Å². The Balaban J connectivity index is 1.34. The molecule has 1 saturated heterocycles. The van der Waals surface area contributed by atoms with Gasteiger partial charge in [0.05, 0.1) is 35.2 Å². The lowest BCUT2D eigenvalue weighted by Crippen LogP contribution is -2.28. The van der Waals surface area contributed by atoms with Crippen LogP contribution in [0.1, 0.15) is 72.4 Å². The lowest BCUT2D eigenvalue weighted by atomic mass is 9.82.